The number of fused-ring (bicyclic) bond motifs is 3. The van der Waals surface area contributed by atoms with E-state index in [0.717, 1.165) is 11.0 Å². The second kappa shape index (κ2) is 14.9. The van der Waals surface area contributed by atoms with Gasteiger partial charge in [0.05, 0.1) is 0 Å². The fourth-order valence-electron chi connectivity index (χ4n) is 6.98. The van der Waals surface area contributed by atoms with Gasteiger partial charge in [0.15, 0.2) is 0 Å². The number of rotatable bonds is 6. The monoisotopic (exact) mass is 808 g/mol. The largest absolute Gasteiger partial charge is 0.656 e. The Bertz CT molecular complexity index is 1700. The van der Waals surface area contributed by atoms with Gasteiger partial charge in [0.2, 0.25) is 0 Å². The van der Waals surface area contributed by atoms with Crippen LogP contribution in [0, 0.1) is 34.4 Å². The van der Waals surface area contributed by atoms with E-state index in [0.29, 0.717) is 23.7 Å². The van der Waals surface area contributed by atoms with Crippen LogP contribution in [0.4, 0.5) is 11.4 Å². The van der Waals surface area contributed by atoms with Crippen LogP contribution in [-0.4, -0.2) is 0 Å². The van der Waals surface area contributed by atoms with E-state index in [2.05, 4.69) is 173 Å². The van der Waals surface area contributed by atoms with Crippen molar-refractivity contribution in [1.29, 1.82) is 0 Å². The molecule has 1 aliphatic heterocycles. The second-order valence-electron chi connectivity index (χ2n) is 14.5. The van der Waals surface area contributed by atoms with E-state index < -0.39 is 0 Å². The third-order valence-corrected chi connectivity index (χ3v) is 9.24. The standard InChI is InChI=1S/C27H37N2.C16H16N.Au/c1-18(2)22-11-9-12-23(19(3)4)26(22)28-15-16-29(17-28)27-24(20(5)6)13-10-14-25(27)21(7)8;1-9-5-11(3)15-13(7-9)14-8-10(2)6-12(4)16(14)17-15;/h9-21H,1-8H3;5-8H,1-4H3;/q2*-1;. The van der Waals surface area contributed by atoms with Crippen LogP contribution in [0.5, 0.6) is 0 Å². The van der Waals surface area contributed by atoms with Crippen LogP contribution < -0.4 is 14.8 Å². The minimum absolute atomic E-state index is 0. The molecule has 47 heavy (non-hydrogen) atoms. The molecule has 1 aliphatic rings. The van der Waals surface area contributed by atoms with Gasteiger partial charge in [0.1, 0.15) is 0 Å². The Balaban J connectivity index is 0.000000236. The first-order chi connectivity index (χ1) is 21.8. The summed E-state index contributed by atoms with van der Waals surface area (Å²) in [6, 6.07) is 22.4. The molecule has 4 heteroatoms. The molecule has 0 bridgehead atoms. The Labute approximate surface area is 300 Å². The number of aromatic nitrogens is 1. The summed E-state index contributed by atoms with van der Waals surface area (Å²) < 4.78 is 0. The second-order valence-corrected chi connectivity index (χ2v) is 14.5. The molecule has 0 saturated heterocycles. The molecule has 0 spiro atoms. The minimum atomic E-state index is 0. The van der Waals surface area contributed by atoms with Crippen LogP contribution in [0.15, 0.2) is 73.1 Å². The molecule has 0 atom stereocenters. The summed E-state index contributed by atoms with van der Waals surface area (Å²) >= 11 is 0. The van der Waals surface area contributed by atoms with E-state index in [1.807, 2.05) is 0 Å². The van der Waals surface area contributed by atoms with Gasteiger partial charge < -0.3 is 14.8 Å². The van der Waals surface area contributed by atoms with Crippen molar-refractivity contribution in [3.8, 4) is 0 Å². The average Bonchev–Trinajstić information content (AvgIpc) is 3.62. The van der Waals surface area contributed by atoms with Crippen LogP contribution in [0.2, 0.25) is 0 Å². The van der Waals surface area contributed by atoms with Gasteiger partial charge in [-0.1, -0.05) is 138 Å². The predicted molar refractivity (Wildman–Crippen MR) is 201 cm³/mol. The van der Waals surface area contributed by atoms with Gasteiger partial charge in [0.25, 0.3) is 0 Å². The van der Waals surface area contributed by atoms with Gasteiger partial charge in [-0.05, 0) is 96.8 Å². The molecule has 0 aliphatic carbocycles. The van der Waals surface area contributed by atoms with Gasteiger partial charge in [-0.2, -0.15) is 0 Å². The van der Waals surface area contributed by atoms with E-state index in [4.69, 9.17) is 4.98 Å². The summed E-state index contributed by atoms with van der Waals surface area (Å²) in [6.07, 6.45) is 4.43. The molecule has 0 N–H and O–H groups in total. The summed E-state index contributed by atoms with van der Waals surface area (Å²) in [5.41, 5.74) is 15.8. The molecular formula is C43H53AuN3-2. The number of hydrogen-bond acceptors (Lipinski definition) is 2. The average molecular weight is 809 g/mol. The van der Waals surface area contributed by atoms with Crippen molar-refractivity contribution in [3.63, 3.8) is 0 Å². The SMILES string of the molecule is CC(C)c1cccc(C(C)C)c1N1C=CN(c2c(C(C)C)cccc2C(C)C)[CH-]1.Cc1cc(C)c2[n-]c3c(C)cc(C)cc3c2c1.[Au]. The number of para-hydroxylation sites is 2. The van der Waals surface area contributed by atoms with E-state index in [1.54, 1.807) is 0 Å². The van der Waals surface area contributed by atoms with Crippen molar-refractivity contribution in [3.05, 3.63) is 124 Å². The van der Waals surface area contributed by atoms with Gasteiger partial charge in [-0.15, -0.1) is 17.7 Å². The van der Waals surface area contributed by atoms with E-state index >= 15 is 0 Å². The van der Waals surface area contributed by atoms with Crippen molar-refractivity contribution < 1.29 is 22.4 Å². The van der Waals surface area contributed by atoms with Crippen molar-refractivity contribution in [1.82, 2.24) is 4.98 Å². The molecule has 0 unspecified atom stereocenters. The number of aryl methyl sites for hydroxylation is 4. The number of hydrogen-bond donors (Lipinski definition) is 0. The normalized spacial score (nSPS) is 13.0. The third kappa shape index (κ3) is 7.43. The van der Waals surface area contributed by atoms with Crippen molar-refractivity contribution in [2.75, 3.05) is 9.80 Å². The Morgan fingerprint density at radius 2 is 0.830 bits per heavy atom. The van der Waals surface area contributed by atoms with Gasteiger partial charge in [-0.25, -0.2) is 0 Å². The molecule has 1 radical (unpaired) electrons. The molecular weight excluding hydrogens is 755 g/mol. The zero-order valence-electron chi connectivity index (χ0n) is 30.5. The Morgan fingerprint density at radius 3 is 1.13 bits per heavy atom. The quantitative estimate of drug-likeness (QED) is 0.126. The minimum Gasteiger partial charge on any atom is -0.656 e. The first-order valence-electron chi connectivity index (χ1n) is 17.1. The molecule has 0 fully saturated rings. The van der Waals surface area contributed by atoms with Crippen LogP contribution in [-0.2, 0) is 22.4 Å². The topological polar surface area (TPSA) is 20.6 Å². The zero-order chi connectivity index (χ0) is 33.4. The van der Waals surface area contributed by atoms with Crippen LogP contribution in [0.3, 0.4) is 0 Å². The molecule has 3 nitrogen and oxygen atoms in total. The van der Waals surface area contributed by atoms with Crippen LogP contribution >= 0.6 is 0 Å². The summed E-state index contributed by atoms with van der Waals surface area (Å²) in [6.45, 7) is 29.1. The molecule has 0 saturated carbocycles. The van der Waals surface area contributed by atoms with E-state index in [-0.39, 0.29) is 22.4 Å². The molecule has 2 heterocycles. The summed E-state index contributed by atoms with van der Waals surface area (Å²) in [7, 11) is 0. The maximum Gasteiger partial charge on any atom is 0.0195 e. The maximum atomic E-state index is 4.80. The number of anilines is 2. The maximum absolute atomic E-state index is 4.80. The van der Waals surface area contributed by atoms with Gasteiger partial charge >= 0.3 is 0 Å². The molecule has 253 valence electrons. The summed E-state index contributed by atoms with van der Waals surface area (Å²) in [5, 5.41) is 2.59. The fraction of sp³-hybridized carbons (Fsp3) is 0.372. The molecule has 4 aromatic carbocycles. The number of nitrogens with zero attached hydrogens (tertiary/aromatic N) is 3. The zero-order valence-corrected chi connectivity index (χ0v) is 32.6. The first-order valence-corrected chi connectivity index (χ1v) is 17.1. The van der Waals surface area contributed by atoms with Crippen LogP contribution in [0.25, 0.3) is 21.8 Å². The van der Waals surface area contributed by atoms with Crippen molar-refractivity contribution >= 4 is 33.2 Å². The summed E-state index contributed by atoms with van der Waals surface area (Å²) in [4.78, 5) is 9.45. The van der Waals surface area contributed by atoms with Crippen molar-refractivity contribution in [2.24, 2.45) is 0 Å². The molecule has 0 amide bonds. The Kier molecular flexibility index (Phi) is 11.6. The molecule has 1 aromatic heterocycles. The molecule has 5 aromatic rings. The van der Waals surface area contributed by atoms with Crippen molar-refractivity contribution in [2.45, 2.75) is 107 Å². The third-order valence-electron chi connectivity index (χ3n) is 9.24. The predicted octanol–water partition coefficient (Wildman–Crippen LogP) is 12.3. The fourth-order valence-corrected chi connectivity index (χ4v) is 6.98. The molecule has 6 rings (SSSR count). The Morgan fingerprint density at radius 1 is 0.511 bits per heavy atom. The van der Waals surface area contributed by atoms with Gasteiger partial charge in [-0.3, -0.25) is 0 Å². The number of benzene rings is 4. The van der Waals surface area contributed by atoms with Gasteiger partial charge in [0, 0.05) is 33.8 Å². The van der Waals surface area contributed by atoms with E-state index in [1.165, 1.54) is 66.7 Å². The van der Waals surface area contributed by atoms with E-state index in [9.17, 15) is 0 Å². The Hall–Kier alpha value is -3.24. The van der Waals surface area contributed by atoms with Crippen LogP contribution in [0.1, 0.15) is 124 Å². The first kappa shape index (κ1) is 36.6. The summed E-state index contributed by atoms with van der Waals surface area (Å²) in [5.74, 6) is 1.92. The smallest absolute Gasteiger partial charge is 0.0195 e.